The first kappa shape index (κ1) is 11.0. The molecule has 0 aromatic carbocycles. The van der Waals surface area contributed by atoms with Crippen molar-refractivity contribution in [1.29, 1.82) is 0 Å². The molecule has 92 valence electrons. The molecular formula is C14H25NO. The fourth-order valence-corrected chi connectivity index (χ4v) is 3.62. The van der Waals surface area contributed by atoms with Crippen LogP contribution in [0.5, 0.6) is 0 Å². The summed E-state index contributed by atoms with van der Waals surface area (Å²) >= 11 is 0. The van der Waals surface area contributed by atoms with E-state index in [4.69, 9.17) is 0 Å². The molecule has 3 rings (SSSR count). The second kappa shape index (κ2) is 4.30. The zero-order valence-electron chi connectivity index (χ0n) is 10.3. The molecule has 3 aliphatic rings. The normalized spacial score (nSPS) is 32.1. The maximum absolute atomic E-state index is 9.48. The maximum Gasteiger partial charge on any atom is 0.0564 e. The molecule has 0 aromatic heterocycles. The van der Waals surface area contributed by atoms with Crippen LogP contribution in [0.3, 0.4) is 0 Å². The van der Waals surface area contributed by atoms with Gasteiger partial charge in [0, 0.05) is 19.6 Å². The number of rotatable bonds is 2. The molecular weight excluding hydrogens is 198 g/mol. The molecule has 1 spiro atoms. The van der Waals surface area contributed by atoms with Gasteiger partial charge in [-0.3, -0.25) is 0 Å². The van der Waals surface area contributed by atoms with E-state index in [2.05, 4.69) is 4.90 Å². The van der Waals surface area contributed by atoms with Gasteiger partial charge >= 0.3 is 0 Å². The smallest absolute Gasteiger partial charge is 0.0564 e. The topological polar surface area (TPSA) is 23.5 Å². The largest absolute Gasteiger partial charge is 0.393 e. The van der Waals surface area contributed by atoms with E-state index in [1.54, 1.807) is 0 Å². The number of piperidine rings is 1. The Balaban J connectivity index is 1.41. The summed E-state index contributed by atoms with van der Waals surface area (Å²) in [4.78, 5) is 2.59. The minimum Gasteiger partial charge on any atom is -0.393 e. The van der Waals surface area contributed by atoms with E-state index in [1.165, 1.54) is 45.1 Å². The quantitative estimate of drug-likeness (QED) is 0.777. The highest BCUT2D eigenvalue weighted by Crippen LogP contribution is 2.57. The average Bonchev–Trinajstić information content (AvgIpc) is 3.05. The summed E-state index contributed by atoms with van der Waals surface area (Å²) < 4.78 is 0. The van der Waals surface area contributed by atoms with Crippen molar-refractivity contribution in [3.8, 4) is 0 Å². The first-order chi connectivity index (χ1) is 7.76. The van der Waals surface area contributed by atoms with Gasteiger partial charge in [0.25, 0.3) is 0 Å². The van der Waals surface area contributed by atoms with Crippen LogP contribution < -0.4 is 0 Å². The Morgan fingerprint density at radius 2 is 1.56 bits per heavy atom. The predicted octanol–water partition coefficient (Wildman–Crippen LogP) is 2.41. The van der Waals surface area contributed by atoms with E-state index < -0.39 is 0 Å². The molecule has 3 fully saturated rings. The monoisotopic (exact) mass is 223 g/mol. The Morgan fingerprint density at radius 1 is 0.938 bits per heavy atom. The lowest BCUT2D eigenvalue weighted by Crippen LogP contribution is -2.39. The van der Waals surface area contributed by atoms with Gasteiger partial charge in [-0.2, -0.15) is 0 Å². The van der Waals surface area contributed by atoms with Crippen LogP contribution in [0.1, 0.15) is 51.4 Å². The first-order valence-electron chi connectivity index (χ1n) is 7.16. The molecule has 0 amide bonds. The van der Waals surface area contributed by atoms with E-state index in [0.717, 1.165) is 37.3 Å². The van der Waals surface area contributed by atoms with Crippen LogP contribution in [0.4, 0.5) is 0 Å². The Hall–Kier alpha value is -0.0800. The summed E-state index contributed by atoms with van der Waals surface area (Å²) in [5, 5.41) is 9.48. The SMILES string of the molecule is OC1CCN(CC2CCC3(CC2)CC3)CC1. The molecule has 2 aliphatic carbocycles. The van der Waals surface area contributed by atoms with E-state index in [-0.39, 0.29) is 6.10 Å². The fraction of sp³-hybridized carbons (Fsp3) is 1.00. The lowest BCUT2D eigenvalue weighted by atomic mass is 9.79. The van der Waals surface area contributed by atoms with Gasteiger partial charge in [0.15, 0.2) is 0 Å². The van der Waals surface area contributed by atoms with Gasteiger partial charge in [-0.05, 0) is 62.7 Å². The van der Waals surface area contributed by atoms with Gasteiger partial charge in [0.05, 0.1) is 6.10 Å². The second-order valence-electron chi connectivity index (χ2n) is 6.48. The third-order valence-corrected chi connectivity index (χ3v) is 5.20. The van der Waals surface area contributed by atoms with Crippen LogP contribution in [0.15, 0.2) is 0 Å². The zero-order valence-corrected chi connectivity index (χ0v) is 10.3. The van der Waals surface area contributed by atoms with Crippen LogP contribution in [0, 0.1) is 11.3 Å². The fourth-order valence-electron chi connectivity index (χ4n) is 3.62. The molecule has 0 bridgehead atoms. The van der Waals surface area contributed by atoms with Crippen molar-refractivity contribution in [2.45, 2.75) is 57.5 Å². The summed E-state index contributed by atoms with van der Waals surface area (Å²) in [6, 6.07) is 0. The van der Waals surface area contributed by atoms with Crippen molar-refractivity contribution in [3.63, 3.8) is 0 Å². The third kappa shape index (κ3) is 2.43. The standard InChI is InChI=1S/C14H25NO/c16-13-3-9-15(10-4-13)11-12-1-5-14(6-2-12)7-8-14/h12-13,16H,1-11H2. The highest BCUT2D eigenvalue weighted by Gasteiger charge is 2.44. The molecule has 2 heteroatoms. The van der Waals surface area contributed by atoms with E-state index in [1.807, 2.05) is 0 Å². The molecule has 16 heavy (non-hydrogen) atoms. The number of aliphatic hydroxyl groups excluding tert-OH is 1. The van der Waals surface area contributed by atoms with E-state index in [0.29, 0.717) is 0 Å². The number of aliphatic hydroxyl groups is 1. The van der Waals surface area contributed by atoms with Crippen molar-refractivity contribution < 1.29 is 5.11 Å². The van der Waals surface area contributed by atoms with Crippen molar-refractivity contribution >= 4 is 0 Å². The van der Waals surface area contributed by atoms with Gasteiger partial charge < -0.3 is 10.0 Å². The lowest BCUT2D eigenvalue weighted by Gasteiger charge is -2.35. The lowest BCUT2D eigenvalue weighted by molar-refractivity contribution is 0.0680. The van der Waals surface area contributed by atoms with Crippen LogP contribution in [0.2, 0.25) is 0 Å². The Bertz CT molecular complexity index is 231. The van der Waals surface area contributed by atoms with Crippen LogP contribution in [0.25, 0.3) is 0 Å². The van der Waals surface area contributed by atoms with Crippen molar-refractivity contribution in [3.05, 3.63) is 0 Å². The third-order valence-electron chi connectivity index (χ3n) is 5.20. The van der Waals surface area contributed by atoms with Gasteiger partial charge in [-0.25, -0.2) is 0 Å². The highest BCUT2D eigenvalue weighted by atomic mass is 16.3. The molecule has 1 heterocycles. The van der Waals surface area contributed by atoms with Crippen molar-refractivity contribution in [2.75, 3.05) is 19.6 Å². The van der Waals surface area contributed by atoms with Crippen LogP contribution >= 0.6 is 0 Å². The summed E-state index contributed by atoms with van der Waals surface area (Å²) in [5.74, 6) is 0.960. The molecule has 1 N–H and O–H groups in total. The molecule has 0 aromatic rings. The molecule has 1 saturated heterocycles. The number of nitrogens with zero attached hydrogens (tertiary/aromatic N) is 1. The predicted molar refractivity (Wildman–Crippen MR) is 65.3 cm³/mol. The molecule has 0 atom stereocenters. The molecule has 2 nitrogen and oxygen atoms in total. The minimum absolute atomic E-state index is 0.0164. The summed E-state index contributed by atoms with van der Waals surface area (Å²) in [5.41, 5.74) is 0.842. The van der Waals surface area contributed by atoms with E-state index >= 15 is 0 Å². The number of hydrogen-bond acceptors (Lipinski definition) is 2. The summed E-state index contributed by atoms with van der Waals surface area (Å²) in [7, 11) is 0. The number of likely N-dealkylation sites (tertiary alicyclic amines) is 1. The van der Waals surface area contributed by atoms with Crippen LogP contribution in [-0.2, 0) is 0 Å². The zero-order chi connectivity index (χ0) is 11.0. The Labute approximate surface area is 99.0 Å². The van der Waals surface area contributed by atoms with Gasteiger partial charge in [-0.1, -0.05) is 0 Å². The average molecular weight is 223 g/mol. The van der Waals surface area contributed by atoms with Gasteiger partial charge in [0.1, 0.15) is 0 Å². The molecule has 0 unspecified atom stereocenters. The minimum atomic E-state index is -0.0164. The summed E-state index contributed by atoms with van der Waals surface area (Å²) in [6.45, 7) is 3.56. The first-order valence-corrected chi connectivity index (χ1v) is 7.16. The number of hydrogen-bond donors (Lipinski definition) is 1. The van der Waals surface area contributed by atoms with Gasteiger partial charge in [0.2, 0.25) is 0 Å². The van der Waals surface area contributed by atoms with Gasteiger partial charge in [-0.15, -0.1) is 0 Å². The Kier molecular flexibility index (Phi) is 2.97. The van der Waals surface area contributed by atoms with Crippen LogP contribution in [-0.4, -0.2) is 35.7 Å². The molecule has 1 aliphatic heterocycles. The Morgan fingerprint density at radius 3 is 2.12 bits per heavy atom. The van der Waals surface area contributed by atoms with Crippen molar-refractivity contribution in [2.24, 2.45) is 11.3 Å². The molecule has 2 saturated carbocycles. The highest BCUT2D eigenvalue weighted by molar-refractivity contribution is 4.96. The maximum atomic E-state index is 9.48. The van der Waals surface area contributed by atoms with Crippen molar-refractivity contribution in [1.82, 2.24) is 4.90 Å². The second-order valence-corrected chi connectivity index (χ2v) is 6.48. The summed E-state index contributed by atoms with van der Waals surface area (Å²) in [6.07, 6.45) is 11.0. The molecule has 0 radical (unpaired) electrons. The van der Waals surface area contributed by atoms with E-state index in [9.17, 15) is 5.11 Å².